The van der Waals surface area contributed by atoms with Gasteiger partial charge in [0.2, 0.25) is 0 Å². The molecule has 0 aromatic carbocycles. The molecular weight excluding hydrogens is 692 g/mol. The van der Waals surface area contributed by atoms with Gasteiger partial charge in [0.15, 0.2) is 18.4 Å². The monoisotopic (exact) mass is 756 g/mol. The van der Waals surface area contributed by atoms with Gasteiger partial charge in [0.1, 0.15) is 48.8 Å². The van der Waals surface area contributed by atoms with E-state index in [0.29, 0.717) is 54.3 Å². The molecule has 8 rings (SSSR count). The van der Waals surface area contributed by atoms with Gasteiger partial charge in [0.05, 0.1) is 38.1 Å². The van der Waals surface area contributed by atoms with Crippen LogP contribution in [0.5, 0.6) is 0 Å². The molecule has 0 bridgehead atoms. The summed E-state index contributed by atoms with van der Waals surface area (Å²) in [5.74, 6) is 2.90. The van der Waals surface area contributed by atoms with Gasteiger partial charge in [-0.15, -0.1) is 0 Å². The van der Waals surface area contributed by atoms with Crippen molar-refractivity contribution >= 4 is 0 Å². The molecule has 304 valence electrons. The van der Waals surface area contributed by atoms with Crippen LogP contribution in [0.4, 0.5) is 0 Å². The van der Waals surface area contributed by atoms with Gasteiger partial charge >= 0.3 is 0 Å². The van der Waals surface area contributed by atoms with E-state index >= 15 is 0 Å². The third-order valence-electron chi connectivity index (χ3n) is 16.2. The summed E-state index contributed by atoms with van der Waals surface area (Å²) in [6, 6.07) is 0. The van der Waals surface area contributed by atoms with Crippen molar-refractivity contribution in [3.63, 3.8) is 0 Å². The smallest absolute Gasteiger partial charge is 0.187 e. The Labute approximate surface area is 312 Å². The molecule has 8 fully saturated rings. The van der Waals surface area contributed by atoms with E-state index in [2.05, 4.69) is 27.7 Å². The quantitative estimate of drug-likeness (QED) is 0.173. The molecule has 0 aromatic heterocycles. The van der Waals surface area contributed by atoms with E-state index < -0.39 is 92.6 Å². The van der Waals surface area contributed by atoms with Crippen LogP contribution in [0.1, 0.15) is 85.5 Å². The third-order valence-corrected chi connectivity index (χ3v) is 16.2. The zero-order chi connectivity index (χ0) is 37.8. The molecule has 14 heteroatoms. The molecule has 8 aliphatic rings. The molecule has 0 amide bonds. The Morgan fingerprint density at radius 2 is 1.40 bits per heavy atom. The van der Waals surface area contributed by atoms with Crippen LogP contribution in [-0.2, 0) is 28.4 Å². The minimum absolute atomic E-state index is 0.0823. The maximum absolute atomic E-state index is 11.7. The molecule has 23 atom stereocenters. The molecule has 0 aromatic rings. The summed E-state index contributed by atoms with van der Waals surface area (Å²) >= 11 is 0. The summed E-state index contributed by atoms with van der Waals surface area (Å²) in [4.78, 5) is 0. The van der Waals surface area contributed by atoms with Crippen LogP contribution in [0.15, 0.2) is 0 Å². The zero-order valence-electron chi connectivity index (χ0n) is 31.6. The summed E-state index contributed by atoms with van der Waals surface area (Å²) in [6.07, 6.45) is -7.80. The maximum atomic E-state index is 11.7. The van der Waals surface area contributed by atoms with Crippen LogP contribution in [0.3, 0.4) is 0 Å². The van der Waals surface area contributed by atoms with Gasteiger partial charge in [-0.3, -0.25) is 0 Å². The molecule has 4 saturated carbocycles. The molecule has 4 heterocycles. The molecule has 4 saturated heterocycles. The Kier molecular flexibility index (Phi) is 10.6. The van der Waals surface area contributed by atoms with Crippen molar-refractivity contribution < 1.29 is 69.3 Å². The first-order valence-corrected chi connectivity index (χ1v) is 20.4. The lowest BCUT2D eigenvalue weighted by atomic mass is 9.44. The van der Waals surface area contributed by atoms with Gasteiger partial charge in [0.25, 0.3) is 0 Å². The Morgan fingerprint density at radius 3 is 2.09 bits per heavy atom. The van der Waals surface area contributed by atoms with Crippen molar-refractivity contribution in [1.82, 2.24) is 0 Å². The number of rotatable bonds is 6. The van der Waals surface area contributed by atoms with Crippen molar-refractivity contribution in [2.75, 3.05) is 19.8 Å². The summed E-state index contributed by atoms with van der Waals surface area (Å²) in [5, 5.41) is 84.5. The minimum Gasteiger partial charge on any atom is -0.394 e. The van der Waals surface area contributed by atoms with E-state index in [0.717, 1.165) is 51.6 Å². The average Bonchev–Trinajstić information content (AvgIpc) is 3.58. The molecule has 4 aliphatic heterocycles. The van der Waals surface area contributed by atoms with Gasteiger partial charge in [0, 0.05) is 12.3 Å². The van der Waals surface area contributed by atoms with Crippen molar-refractivity contribution in [3.05, 3.63) is 0 Å². The number of ether oxygens (including phenoxy) is 6. The Bertz CT molecular complexity index is 1290. The second-order valence-corrected chi connectivity index (χ2v) is 18.9. The van der Waals surface area contributed by atoms with Gasteiger partial charge < -0.3 is 69.3 Å². The fourth-order valence-electron chi connectivity index (χ4n) is 13.3. The molecule has 0 radical (unpaired) electrons. The number of hydrogen-bond acceptors (Lipinski definition) is 14. The largest absolute Gasteiger partial charge is 0.394 e. The zero-order valence-corrected chi connectivity index (χ0v) is 31.6. The fourth-order valence-corrected chi connectivity index (χ4v) is 13.3. The highest BCUT2D eigenvalue weighted by atomic mass is 16.7. The second kappa shape index (κ2) is 14.4. The topological polar surface area (TPSA) is 217 Å². The number of hydrogen-bond donors (Lipinski definition) is 8. The van der Waals surface area contributed by atoms with Crippen molar-refractivity contribution in [1.29, 1.82) is 0 Å². The standard InChI is InChI=1S/C39H64O14/c1-17-7-10-39(48-16-17)18(2)28-25(53-39)12-22-20-6-5-19-11-24(23(42)13-38(19,4)21(20)8-9-37(22,28)3)49-35-33(47)31(45)34(27(15-41)51-35)52-36-32(46)30(44)29(43)26(14-40)50-36/h17-36,40-47H,5-16H2,1-4H3/t17?,18-,19+,20+,21-,22-,23-,24+,25-,26+,27+,28-,29+,30-,31+,32+,33+,34-,35+,36-,37-,38-,39+/m0/s1. The lowest BCUT2D eigenvalue weighted by molar-refractivity contribution is -0.366. The van der Waals surface area contributed by atoms with E-state index in [1.807, 2.05) is 0 Å². The summed E-state index contributed by atoms with van der Waals surface area (Å²) in [5.41, 5.74) is 0.118. The highest BCUT2D eigenvalue weighted by molar-refractivity contribution is 5.16. The van der Waals surface area contributed by atoms with E-state index in [1.54, 1.807) is 0 Å². The Balaban J connectivity index is 0.912. The maximum Gasteiger partial charge on any atom is 0.187 e. The highest BCUT2D eigenvalue weighted by Crippen LogP contribution is 2.71. The molecule has 1 spiro atoms. The van der Waals surface area contributed by atoms with Crippen molar-refractivity contribution in [3.8, 4) is 0 Å². The third kappa shape index (κ3) is 6.20. The molecule has 53 heavy (non-hydrogen) atoms. The predicted octanol–water partition coefficient (Wildman–Crippen LogP) is 0.413. The summed E-state index contributed by atoms with van der Waals surface area (Å²) in [6.45, 7) is 8.96. The fraction of sp³-hybridized carbons (Fsp3) is 1.00. The number of fused-ring (bicyclic) bond motifs is 7. The van der Waals surface area contributed by atoms with Crippen LogP contribution in [0, 0.1) is 52.3 Å². The lowest BCUT2D eigenvalue weighted by Gasteiger charge is -2.62. The predicted molar refractivity (Wildman–Crippen MR) is 184 cm³/mol. The van der Waals surface area contributed by atoms with Crippen LogP contribution >= 0.6 is 0 Å². The van der Waals surface area contributed by atoms with E-state index in [4.69, 9.17) is 28.4 Å². The van der Waals surface area contributed by atoms with E-state index in [9.17, 15) is 40.9 Å². The summed E-state index contributed by atoms with van der Waals surface area (Å²) < 4.78 is 36.7. The van der Waals surface area contributed by atoms with E-state index in [1.165, 1.54) is 0 Å². The van der Waals surface area contributed by atoms with E-state index in [-0.39, 0.29) is 16.9 Å². The van der Waals surface area contributed by atoms with Gasteiger partial charge in [-0.1, -0.05) is 27.7 Å². The van der Waals surface area contributed by atoms with Crippen LogP contribution < -0.4 is 0 Å². The first-order valence-electron chi connectivity index (χ1n) is 20.4. The van der Waals surface area contributed by atoms with Crippen LogP contribution in [0.2, 0.25) is 0 Å². The van der Waals surface area contributed by atoms with Crippen molar-refractivity contribution in [2.45, 2.75) is 171 Å². The van der Waals surface area contributed by atoms with Crippen LogP contribution in [0.25, 0.3) is 0 Å². The second-order valence-electron chi connectivity index (χ2n) is 18.9. The number of aliphatic hydroxyl groups excluding tert-OH is 8. The Hall–Kier alpha value is -0.560. The molecule has 8 N–H and O–H groups in total. The highest BCUT2D eigenvalue weighted by Gasteiger charge is 2.69. The summed E-state index contributed by atoms with van der Waals surface area (Å²) in [7, 11) is 0. The van der Waals surface area contributed by atoms with Crippen LogP contribution in [-0.4, -0.2) is 146 Å². The molecule has 14 nitrogen and oxygen atoms in total. The minimum atomic E-state index is -1.75. The first-order chi connectivity index (χ1) is 25.2. The molecule has 1 unspecified atom stereocenters. The van der Waals surface area contributed by atoms with Gasteiger partial charge in [-0.05, 0) is 97.7 Å². The van der Waals surface area contributed by atoms with Gasteiger partial charge in [-0.25, -0.2) is 0 Å². The first kappa shape index (κ1) is 39.3. The normalized spacial score (nSPS) is 59.5. The average molecular weight is 757 g/mol. The SMILES string of the molecule is CC1CC[C@@]2(OC1)O[C@H]1C[C@H]3[C@@H]4CC[C@@H]5C[C@@H](O[C@@H]6O[C@H](CO)[C@H](O[C@@H]7O[C@H](CO)[C@@H](O)[C@H](O)[C@H]7O)[C@H](O)[C@H]6O)[C@@H](O)C[C@]5(C)[C@H]4CC[C@]3(C)[C@H]1[C@@H]2C. The van der Waals surface area contributed by atoms with Gasteiger partial charge in [-0.2, -0.15) is 0 Å². The lowest BCUT2D eigenvalue weighted by Crippen LogP contribution is -2.65. The molecule has 4 aliphatic carbocycles. The van der Waals surface area contributed by atoms with Crippen molar-refractivity contribution in [2.24, 2.45) is 52.3 Å². The number of aliphatic hydroxyl groups is 8. The Morgan fingerprint density at radius 1 is 0.698 bits per heavy atom. The molecular formula is C39H64O14.